The maximum Gasteiger partial charge on any atom is -0.0414 e. The third-order valence-electron chi connectivity index (χ3n) is 9.01. The average Bonchev–Trinajstić information content (AvgIpc) is 2.81. The molecule has 0 bridgehead atoms. The summed E-state index contributed by atoms with van der Waals surface area (Å²) < 4.78 is 0. The second-order valence-electron chi connectivity index (χ2n) is 12.9. The van der Waals surface area contributed by atoms with Crippen LogP contribution in [0, 0.1) is 29.6 Å². The fourth-order valence-corrected chi connectivity index (χ4v) is 5.52. The van der Waals surface area contributed by atoms with Crippen LogP contribution in [0.25, 0.3) is 0 Å². The van der Waals surface area contributed by atoms with Gasteiger partial charge in [0.05, 0.1) is 0 Å². The normalized spacial score (nSPS) is 15.5. The van der Waals surface area contributed by atoms with Crippen LogP contribution in [-0.2, 0) is 0 Å². The molecule has 0 aromatic rings. The van der Waals surface area contributed by atoms with E-state index < -0.39 is 0 Å². The molecule has 34 heavy (non-hydrogen) atoms. The molecule has 206 valence electrons. The summed E-state index contributed by atoms with van der Waals surface area (Å²) in [5.41, 5.74) is 0. The molecular weight excluding hydrogens is 408 g/mol. The van der Waals surface area contributed by atoms with Crippen LogP contribution in [0.5, 0.6) is 0 Å². The summed E-state index contributed by atoms with van der Waals surface area (Å²) >= 11 is 0. The highest BCUT2D eigenvalue weighted by Crippen LogP contribution is 2.28. The van der Waals surface area contributed by atoms with Crippen LogP contribution in [0.3, 0.4) is 0 Å². The summed E-state index contributed by atoms with van der Waals surface area (Å²) in [5.74, 6) is 4.43. The lowest BCUT2D eigenvalue weighted by molar-refractivity contribution is 0.267. The van der Waals surface area contributed by atoms with Crippen LogP contribution in [0.2, 0.25) is 0 Å². The van der Waals surface area contributed by atoms with Gasteiger partial charge < -0.3 is 0 Å². The first-order valence-corrected chi connectivity index (χ1v) is 16.4. The Hall–Kier alpha value is 0. The maximum atomic E-state index is 2.52. The quantitative estimate of drug-likeness (QED) is 0.108. The van der Waals surface area contributed by atoms with E-state index in [4.69, 9.17) is 0 Å². The molecule has 0 aliphatic carbocycles. The van der Waals surface area contributed by atoms with Crippen molar-refractivity contribution in [2.45, 2.75) is 190 Å². The SMILES string of the molecule is CCCCCCCCCCCCCCCCCCCCC(C)C(C)CC(C)CCC(C)C(C)C. The predicted molar refractivity (Wildman–Crippen MR) is 159 cm³/mol. The van der Waals surface area contributed by atoms with Gasteiger partial charge in [-0.1, -0.05) is 183 Å². The van der Waals surface area contributed by atoms with Gasteiger partial charge in [0.2, 0.25) is 0 Å². The van der Waals surface area contributed by atoms with Gasteiger partial charge in [-0.2, -0.15) is 0 Å². The monoisotopic (exact) mass is 479 g/mol. The minimum atomic E-state index is 0.841. The van der Waals surface area contributed by atoms with Crippen molar-refractivity contribution >= 4 is 0 Å². The van der Waals surface area contributed by atoms with Crippen LogP contribution in [-0.4, -0.2) is 0 Å². The van der Waals surface area contributed by atoms with E-state index in [1.165, 1.54) is 141 Å². The number of hydrogen-bond acceptors (Lipinski definition) is 0. The van der Waals surface area contributed by atoms with E-state index in [0.717, 1.165) is 29.6 Å². The molecular formula is C34H70. The largest absolute Gasteiger partial charge is 0.0654 e. The lowest BCUT2D eigenvalue weighted by Crippen LogP contribution is -2.13. The van der Waals surface area contributed by atoms with E-state index in [9.17, 15) is 0 Å². The molecule has 0 N–H and O–H groups in total. The second kappa shape index (κ2) is 24.7. The van der Waals surface area contributed by atoms with Gasteiger partial charge in [0, 0.05) is 0 Å². The molecule has 4 atom stereocenters. The van der Waals surface area contributed by atoms with Crippen molar-refractivity contribution < 1.29 is 0 Å². The lowest BCUT2D eigenvalue weighted by Gasteiger charge is -2.24. The number of hydrogen-bond donors (Lipinski definition) is 0. The molecule has 0 saturated carbocycles. The summed E-state index contributed by atoms with van der Waals surface area (Å²) in [5, 5.41) is 0. The van der Waals surface area contributed by atoms with E-state index >= 15 is 0 Å². The first kappa shape index (κ1) is 34.0. The third-order valence-corrected chi connectivity index (χ3v) is 9.01. The fourth-order valence-electron chi connectivity index (χ4n) is 5.52. The average molecular weight is 479 g/mol. The van der Waals surface area contributed by atoms with Gasteiger partial charge in [-0.25, -0.2) is 0 Å². The van der Waals surface area contributed by atoms with Crippen molar-refractivity contribution in [1.29, 1.82) is 0 Å². The van der Waals surface area contributed by atoms with Crippen LogP contribution < -0.4 is 0 Å². The van der Waals surface area contributed by atoms with Crippen LogP contribution in [0.15, 0.2) is 0 Å². The molecule has 0 spiro atoms. The van der Waals surface area contributed by atoms with Crippen molar-refractivity contribution in [3.8, 4) is 0 Å². The molecule has 4 unspecified atom stereocenters. The standard InChI is InChI=1S/C34H70/c1-8-9-10-11-12-13-14-15-16-17-18-19-20-21-22-23-24-25-26-33(6)34(7)29-31(4)27-28-32(5)30(2)3/h30-34H,8-29H2,1-7H3. The maximum absolute atomic E-state index is 2.52. The molecule has 0 aromatic heterocycles. The molecule has 0 aliphatic rings. The molecule has 0 nitrogen and oxygen atoms in total. The van der Waals surface area contributed by atoms with Gasteiger partial charge in [0.25, 0.3) is 0 Å². The van der Waals surface area contributed by atoms with Crippen molar-refractivity contribution in [3.63, 3.8) is 0 Å². The highest BCUT2D eigenvalue weighted by molar-refractivity contribution is 4.68. The van der Waals surface area contributed by atoms with Gasteiger partial charge in [-0.3, -0.25) is 0 Å². The molecule has 0 aliphatic heterocycles. The zero-order valence-corrected chi connectivity index (χ0v) is 25.4. The zero-order chi connectivity index (χ0) is 25.4. The van der Waals surface area contributed by atoms with Gasteiger partial charge in [-0.15, -0.1) is 0 Å². The Morgan fingerprint density at radius 3 is 1.12 bits per heavy atom. The minimum absolute atomic E-state index is 0.841. The predicted octanol–water partition coefficient (Wildman–Crippen LogP) is 12.8. The second-order valence-corrected chi connectivity index (χ2v) is 12.9. The smallest absolute Gasteiger partial charge is 0.0414 e. The highest BCUT2D eigenvalue weighted by Gasteiger charge is 2.16. The third kappa shape index (κ3) is 22.5. The van der Waals surface area contributed by atoms with Crippen molar-refractivity contribution in [1.82, 2.24) is 0 Å². The Balaban J connectivity index is 3.39. The van der Waals surface area contributed by atoms with Crippen LogP contribution >= 0.6 is 0 Å². The molecule has 0 aromatic carbocycles. The zero-order valence-electron chi connectivity index (χ0n) is 25.4. The topological polar surface area (TPSA) is 0 Å². The Bertz CT molecular complexity index is 383. The number of rotatable bonds is 26. The van der Waals surface area contributed by atoms with Crippen LogP contribution in [0.4, 0.5) is 0 Å². The van der Waals surface area contributed by atoms with Gasteiger partial charge >= 0.3 is 0 Å². The lowest BCUT2D eigenvalue weighted by atomic mass is 9.81. The number of unbranched alkanes of at least 4 members (excludes halogenated alkanes) is 17. The Kier molecular flexibility index (Phi) is 24.7. The van der Waals surface area contributed by atoms with Crippen LogP contribution in [0.1, 0.15) is 190 Å². The summed E-state index contributed by atoms with van der Waals surface area (Å²) in [6.45, 7) is 17.0. The van der Waals surface area contributed by atoms with Crippen molar-refractivity contribution in [3.05, 3.63) is 0 Å². The van der Waals surface area contributed by atoms with E-state index in [2.05, 4.69) is 48.5 Å². The van der Waals surface area contributed by atoms with Crippen molar-refractivity contribution in [2.24, 2.45) is 29.6 Å². The molecule has 0 radical (unpaired) electrons. The summed E-state index contributed by atoms with van der Waals surface area (Å²) in [4.78, 5) is 0. The molecule has 0 amide bonds. The molecule has 0 heterocycles. The van der Waals surface area contributed by atoms with Gasteiger partial charge in [0.15, 0.2) is 0 Å². The highest BCUT2D eigenvalue weighted by atomic mass is 14.2. The Morgan fingerprint density at radius 2 is 0.735 bits per heavy atom. The Morgan fingerprint density at radius 1 is 0.353 bits per heavy atom. The van der Waals surface area contributed by atoms with E-state index in [-0.39, 0.29) is 0 Å². The molecule has 0 fully saturated rings. The fraction of sp³-hybridized carbons (Fsp3) is 1.00. The van der Waals surface area contributed by atoms with E-state index in [0.29, 0.717) is 0 Å². The molecule has 0 rings (SSSR count). The summed E-state index contributed by atoms with van der Waals surface area (Å²) in [6.07, 6.45) is 32.2. The van der Waals surface area contributed by atoms with E-state index in [1.807, 2.05) is 0 Å². The first-order chi connectivity index (χ1) is 16.4. The minimum Gasteiger partial charge on any atom is -0.0654 e. The molecule has 0 heteroatoms. The summed E-state index contributed by atoms with van der Waals surface area (Å²) in [7, 11) is 0. The molecule has 0 saturated heterocycles. The van der Waals surface area contributed by atoms with Crippen molar-refractivity contribution in [2.75, 3.05) is 0 Å². The van der Waals surface area contributed by atoms with E-state index in [1.54, 1.807) is 0 Å². The van der Waals surface area contributed by atoms with Gasteiger partial charge in [-0.05, 0) is 36.0 Å². The Labute approximate surface area is 219 Å². The first-order valence-electron chi connectivity index (χ1n) is 16.4. The van der Waals surface area contributed by atoms with Gasteiger partial charge in [0.1, 0.15) is 0 Å². The summed E-state index contributed by atoms with van der Waals surface area (Å²) in [6, 6.07) is 0.